The van der Waals surface area contributed by atoms with Gasteiger partial charge in [-0.15, -0.1) is 0 Å². The predicted molar refractivity (Wildman–Crippen MR) is 93.6 cm³/mol. The normalized spacial score (nSPS) is 21.3. The van der Waals surface area contributed by atoms with Crippen LogP contribution in [0.1, 0.15) is 31.4 Å². The smallest absolute Gasteiger partial charge is 0.221 e. The van der Waals surface area contributed by atoms with Crippen LogP contribution in [0, 0.1) is 0 Å². The third-order valence-electron chi connectivity index (χ3n) is 4.84. The van der Waals surface area contributed by atoms with E-state index < -0.39 is 0 Å². The highest BCUT2D eigenvalue weighted by Crippen LogP contribution is 2.27. The number of likely N-dealkylation sites (tertiary alicyclic amines) is 1. The Balaban J connectivity index is 1.72. The van der Waals surface area contributed by atoms with Gasteiger partial charge in [0.25, 0.3) is 0 Å². The van der Waals surface area contributed by atoms with Crippen LogP contribution >= 0.6 is 0 Å². The fraction of sp³-hybridized carbons (Fsp3) is 0.611. The molecule has 1 aromatic carbocycles. The van der Waals surface area contributed by atoms with Crippen molar-refractivity contribution < 1.29 is 4.79 Å². The van der Waals surface area contributed by atoms with E-state index in [-0.39, 0.29) is 5.91 Å². The molecule has 2 N–H and O–H groups in total. The lowest BCUT2D eigenvalue weighted by Gasteiger charge is -2.35. The maximum Gasteiger partial charge on any atom is 0.221 e. The van der Waals surface area contributed by atoms with E-state index in [4.69, 9.17) is 0 Å². The van der Waals surface area contributed by atoms with Gasteiger partial charge in [-0.2, -0.15) is 0 Å². The first-order valence-corrected chi connectivity index (χ1v) is 8.77. The third-order valence-corrected chi connectivity index (χ3v) is 4.84. The first-order chi connectivity index (χ1) is 11.2. The Kier molecular flexibility index (Phi) is 5.65. The van der Waals surface area contributed by atoms with Crippen LogP contribution in [0.25, 0.3) is 0 Å². The Hall–Kier alpha value is -1.43. The number of anilines is 1. The van der Waals surface area contributed by atoms with Crippen molar-refractivity contribution in [1.82, 2.24) is 15.1 Å². The van der Waals surface area contributed by atoms with Gasteiger partial charge in [0.2, 0.25) is 5.91 Å². The lowest BCUT2D eigenvalue weighted by Crippen LogP contribution is -2.47. The maximum absolute atomic E-state index is 11.2. The van der Waals surface area contributed by atoms with E-state index in [0.29, 0.717) is 6.04 Å². The Bertz CT molecular complexity index is 504. The molecule has 1 unspecified atom stereocenters. The molecule has 1 atom stereocenters. The number of carbonyl (C=O) groups excluding carboxylic acids is 1. The number of hydrogen-bond donors (Lipinski definition) is 2. The molecule has 126 valence electrons. The Labute approximate surface area is 139 Å². The van der Waals surface area contributed by atoms with Gasteiger partial charge in [0.15, 0.2) is 0 Å². The highest BCUT2D eigenvalue weighted by molar-refractivity contribution is 5.88. The van der Waals surface area contributed by atoms with Crippen LogP contribution in [0.4, 0.5) is 5.69 Å². The fourth-order valence-corrected chi connectivity index (χ4v) is 3.62. The summed E-state index contributed by atoms with van der Waals surface area (Å²) in [5, 5.41) is 6.28. The van der Waals surface area contributed by atoms with Crippen molar-refractivity contribution in [3.63, 3.8) is 0 Å². The largest absolute Gasteiger partial charge is 0.326 e. The molecule has 2 fully saturated rings. The van der Waals surface area contributed by atoms with Gasteiger partial charge in [-0.3, -0.25) is 14.6 Å². The topological polar surface area (TPSA) is 47.6 Å². The average molecular weight is 316 g/mol. The van der Waals surface area contributed by atoms with Crippen LogP contribution in [-0.4, -0.2) is 61.5 Å². The van der Waals surface area contributed by atoms with E-state index >= 15 is 0 Å². The molecule has 0 aromatic heterocycles. The maximum atomic E-state index is 11.2. The van der Waals surface area contributed by atoms with Gasteiger partial charge >= 0.3 is 0 Å². The van der Waals surface area contributed by atoms with E-state index in [1.165, 1.54) is 31.5 Å². The number of piperazine rings is 1. The summed E-state index contributed by atoms with van der Waals surface area (Å²) in [5.41, 5.74) is 2.24. The van der Waals surface area contributed by atoms with Gasteiger partial charge in [0.1, 0.15) is 0 Å². The van der Waals surface area contributed by atoms with Gasteiger partial charge < -0.3 is 10.6 Å². The molecule has 0 radical (unpaired) electrons. The van der Waals surface area contributed by atoms with Crippen molar-refractivity contribution in [2.75, 3.05) is 51.1 Å². The number of nitrogens with one attached hydrogen (secondary N) is 2. The number of amides is 1. The van der Waals surface area contributed by atoms with Crippen molar-refractivity contribution in [2.45, 2.75) is 25.8 Å². The van der Waals surface area contributed by atoms with Crippen LogP contribution in [-0.2, 0) is 4.79 Å². The summed E-state index contributed by atoms with van der Waals surface area (Å²) in [7, 11) is 0. The number of hydrogen-bond acceptors (Lipinski definition) is 4. The first kappa shape index (κ1) is 16.4. The monoisotopic (exact) mass is 316 g/mol. The molecular weight excluding hydrogens is 288 g/mol. The summed E-state index contributed by atoms with van der Waals surface area (Å²) in [6.07, 6.45) is 2.62. The summed E-state index contributed by atoms with van der Waals surface area (Å²) in [5.74, 6) is -0.0188. The second kappa shape index (κ2) is 7.90. The molecule has 3 rings (SSSR count). The van der Waals surface area contributed by atoms with Gasteiger partial charge in [-0.25, -0.2) is 0 Å². The minimum Gasteiger partial charge on any atom is -0.326 e. The summed E-state index contributed by atoms with van der Waals surface area (Å²) < 4.78 is 0. The lowest BCUT2D eigenvalue weighted by atomic mass is 10.0. The van der Waals surface area contributed by atoms with Gasteiger partial charge in [-0.1, -0.05) is 12.1 Å². The van der Waals surface area contributed by atoms with Crippen LogP contribution in [0.15, 0.2) is 24.3 Å². The zero-order valence-electron chi connectivity index (χ0n) is 14.1. The number of benzene rings is 1. The number of carbonyl (C=O) groups is 1. The van der Waals surface area contributed by atoms with E-state index in [2.05, 4.69) is 32.6 Å². The standard InChI is InChI=1S/C18H28N4O/c1-15(23)20-17-6-4-16(5-7-17)18(22-10-2-3-11-22)14-21-12-8-19-9-13-21/h4-7,18-19H,2-3,8-14H2,1H3,(H,20,23). The molecule has 0 bridgehead atoms. The minimum atomic E-state index is -0.0188. The van der Waals surface area contributed by atoms with Crippen molar-refractivity contribution in [1.29, 1.82) is 0 Å². The van der Waals surface area contributed by atoms with E-state index in [9.17, 15) is 4.79 Å². The highest BCUT2D eigenvalue weighted by atomic mass is 16.1. The van der Waals surface area contributed by atoms with Crippen molar-refractivity contribution >= 4 is 11.6 Å². The summed E-state index contributed by atoms with van der Waals surface area (Å²) in [6.45, 7) is 9.49. The molecule has 1 amide bonds. The van der Waals surface area contributed by atoms with Crippen LogP contribution in [0.2, 0.25) is 0 Å². The Morgan fingerprint density at radius 1 is 1.13 bits per heavy atom. The quantitative estimate of drug-likeness (QED) is 0.868. The minimum absolute atomic E-state index is 0.0188. The molecule has 2 saturated heterocycles. The zero-order chi connectivity index (χ0) is 16.1. The summed E-state index contributed by atoms with van der Waals surface area (Å²) in [4.78, 5) is 16.4. The van der Waals surface area contributed by atoms with Crippen LogP contribution < -0.4 is 10.6 Å². The van der Waals surface area contributed by atoms with Gasteiger partial charge in [-0.05, 0) is 43.6 Å². The molecule has 2 aliphatic heterocycles. The van der Waals surface area contributed by atoms with Crippen molar-refractivity contribution in [3.8, 4) is 0 Å². The van der Waals surface area contributed by atoms with Crippen molar-refractivity contribution in [3.05, 3.63) is 29.8 Å². The second-order valence-corrected chi connectivity index (χ2v) is 6.61. The number of nitrogens with zero attached hydrogens (tertiary/aromatic N) is 2. The van der Waals surface area contributed by atoms with Crippen LogP contribution in [0.3, 0.4) is 0 Å². The highest BCUT2D eigenvalue weighted by Gasteiger charge is 2.26. The zero-order valence-corrected chi connectivity index (χ0v) is 14.1. The molecule has 0 spiro atoms. The molecule has 5 nitrogen and oxygen atoms in total. The van der Waals surface area contributed by atoms with E-state index in [1.54, 1.807) is 6.92 Å². The summed E-state index contributed by atoms with van der Waals surface area (Å²) in [6, 6.07) is 8.86. The molecule has 0 saturated carbocycles. The molecule has 2 aliphatic rings. The van der Waals surface area contributed by atoms with Crippen LogP contribution in [0.5, 0.6) is 0 Å². The molecule has 23 heavy (non-hydrogen) atoms. The third kappa shape index (κ3) is 4.53. The Morgan fingerprint density at radius 3 is 2.39 bits per heavy atom. The molecule has 0 aliphatic carbocycles. The van der Waals surface area contributed by atoms with E-state index in [0.717, 1.165) is 38.4 Å². The SMILES string of the molecule is CC(=O)Nc1ccc(C(CN2CCNCC2)N2CCCC2)cc1. The van der Waals surface area contributed by atoms with Crippen molar-refractivity contribution in [2.24, 2.45) is 0 Å². The fourth-order valence-electron chi connectivity index (χ4n) is 3.62. The number of rotatable bonds is 5. The summed E-state index contributed by atoms with van der Waals surface area (Å²) >= 11 is 0. The Morgan fingerprint density at radius 2 is 1.78 bits per heavy atom. The molecular formula is C18H28N4O. The van der Waals surface area contributed by atoms with E-state index in [1.807, 2.05) is 12.1 Å². The molecule has 2 heterocycles. The predicted octanol–water partition coefficient (Wildman–Crippen LogP) is 1.69. The molecule has 5 heteroatoms. The second-order valence-electron chi connectivity index (χ2n) is 6.61. The lowest BCUT2D eigenvalue weighted by molar-refractivity contribution is -0.114. The first-order valence-electron chi connectivity index (χ1n) is 8.77. The van der Waals surface area contributed by atoms with Gasteiger partial charge in [0, 0.05) is 51.4 Å². The average Bonchev–Trinajstić information content (AvgIpc) is 3.08. The van der Waals surface area contributed by atoms with Gasteiger partial charge in [0.05, 0.1) is 0 Å². The molecule has 1 aromatic rings.